The van der Waals surface area contributed by atoms with Gasteiger partial charge in [-0.05, 0) is 88.6 Å². The van der Waals surface area contributed by atoms with Crippen LogP contribution in [0.4, 0.5) is 17.6 Å². The van der Waals surface area contributed by atoms with Crippen molar-refractivity contribution >= 4 is 11.5 Å². The third-order valence-corrected chi connectivity index (χ3v) is 8.78. The van der Waals surface area contributed by atoms with E-state index in [0.717, 1.165) is 49.0 Å². The maximum Gasteiger partial charge on any atom is 0.303 e. The molecule has 3 nitrogen and oxygen atoms in total. The number of alkyl halides is 2. The molecule has 2 aliphatic carbocycles. The number of carboxylic acid groups (broad SMARTS) is 1. The second kappa shape index (κ2) is 11.0. The minimum absolute atomic E-state index is 0.0157. The van der Waals surface area contributed by atoms with Crippen molar-refractivity contribution in [2.24, 2.45) is 10.8 Å². The molecule has 3 aromatic rings. The van der Waals surface area contributed by atoms with Gasteiger partial charge in [-0.1, -0.05) is 57.2 Å². The summed E-state index contributed by atoms with van der Waals surface area (Å²) in [5, 5.41) is 9.45. The Bertz CT molecular complexity index is 1500. The summed E-state index contributed by atoms with van der Waals surface area (Å²) in [7, 11) is 0. The lowest BCUT2D eigenvalue weighted by molar-refractivity contribution is -0.137. The normalized spacial score (nSPS) is 17.8. The van der Waals surface area contributed by atoms with Crippen LogP contribution in [0.1, 0.15) is 87.5 Å². The highest BCUT2D eigenvalue weighted by Crippen LogP contribution is 2.57. The van der Waals surface area contributed by atoms with Gasteiger partial charge in [-0.25, -0.2) is 17.6 Å². The van der Waals surface area contributed by atoms with Crippen molar-refractivity contribution in [1.29, 1.82) is 0 Å². The van der Waals surface area contributed by atoms with Crippen molar-refractivity contribution < 1.29 is 32.2 Å². The first-order chi connectivity index (χ1) is 19.4. The van der Waals surface area contributed by atoms with Crippen molar-refractivity contribution in [3.05, 3.63) is 94.6 Å². The molecular weight excluding hydrogens is 532 g/mol. The Morgan fingerprint density at radius 1 is 0.951 bits per heavy atom. The highest BCUT2D eigenvalue weighted by atomic mass is 19.3. The van der Waals surface area contributed by atoms with Crippen LogP contribution in [-0.2, 0) is 11.4 Å². The maximum atomic E-state index is 15.7. The van der Waals surface area contributed by atoms with Crippen LogP contribution in [0.15, 0.2) is 60.7 Å². The average Bonchev–Trinajstić information content (AvgIpc) is 3.57. The van der Waals surface area contributed by atoms with E-state index in [1.54, 1.807) is 24.3 Å². The third kappa shape index (κ3) is 5.90. The van der Waals surface area contributed by atoms with E-state index in [4.69, 9.17) is 4.74 Å². The number of carbonyl (C=O) groups is 1. The molecule has 41 heavy (non-hydrogen) atoms. The van der Waals surface area contributed by atoms with E-state index < -0.39 is 29.9 Å². The molecule has 0 saturated heterocycles. The first-order valence-electron chi connectivity index (χ1n) is 13.9. The van der Waals surface area contributed by atoms with Gasteiger partial charge in [0, 0.05) is 17.0 Å². The zero-order chi connectivity index (χ0) is 29.5. The molecule has 216 valence electrons. The monoisotopic (exact) mass is 566 g/mol. The summed E-state index contributed by atoms with van der Waals surface area (Å²) < 4.78 is 63.5. The second-order valence-electron chi connectivity index (χ2n) is 12.2. The number of aliphatic carboxylic acids is 1. The van der Waals surface area contributed by atoms with E-state index in [9.17, 15) is 23.1 Å². The van der Waals surface area contributed by atoms with E-state index in [1.807, 2.05) is 13.0 Å². The van der Waals surface area contributed by atoms with E-state index in [0.29, 0.717) is 16.7 Å². The molecular formula is C34H34F4O3. The molecule has 1 saturated carbocycles. The summed E-state index contributed by atoms with van der Waals surface area (Å²) in [5.74, 6) is -2.54. The number of benzene rings is 3. The Labute approximate surface area is 237 Å². The number of hydrogen-bond acceptors (Lipinski definition) is 2. The molecule has 0 amide bonds. The molecule has 0 spiro atoms. The Balaban J connectivity index is 1.48. The topological polar surface area (TPSA) is 46.5 Å². The largest absolute Gasteiger partial charge is 0.486 e. The molecule has 7 heteroatoms. The number of carboxylic acids is 1. The lowest BCUT2D eigenvalue weighted by Crippen LogP contribution is -2.17. The summed E-state index contributed by atoms with van der Waals surface area (Å²) in [6, 6.07) is 13.5. The average molecular weight is 567 g/mol. The minimum Gasteiger partial charge on any atom is -0.486 e. The van der Waals surface area contributed by atoms with Crippen LogP contribution in [0.5, 0.6) is 5.75 Å². The summed E-state index contributed by atoms with van der Waals surface area (Å²) in [4.78, 5) is 11.5. The number of halogens is 4. The van der Waals surface area contributed by atoms with Gasteiger partial charge >= 0.3 is 5.97 Å². The Morgan fingerprint density at radius 2 is 1.71 bits per heavy atom. The van der Waals surface area contributed by atoms with Gasteiger partial charge in [0.05, 0.1) is 6.42 Å². The fourth-order valence-corrected chi connectivity index (χ4v) is 6.01. The summed E-state index contributed by atoms with van der Waals surface area (Å²) in [6.07, 6.45) is 2.65. The highest BCUT2D eigenvalue weighted by molar-refractivity contribution is 5.85. The predicted molar refractivity (Wildman–Crippen MR) is 151 cm³/mol. The zero-order valence-corrected chi connectivity index (χ0v) is 23.4. The molecule has 0 heterocycles. The van der Waals surface area contributed by atoms with Gasteiger partial charge in [0.25, 0.3) is 6.43 Å². The fraction of sp³-hybridized carbons (Fsp3) is 0.382. The predicted octanol–water partition coefficient (Wildman–Crippen LogP) is 9.71. The van der Waals surface area contributed by atoms with E-state index >= 15 is 4.39 Å². The molecule has 2 aliphatic rings. The molecule has 0 aromatic heterocycles. The third-order valence-electron chi connectivity index (χ3n) is 8.78. The lowest BCUT2D eigenvalue weighted by atomic mass is 9.79. The number of hydrogen-bond donors (Lipinski definition) is 1. The fourth-order valence-electron chi connectivity index (χ4n) is 6.01. The van der Waals surface area contributed by atoms with Crippen molar-refractivity contribution in [3.8, 4) is 16.9 Å². The Kier molecular flexibility index (Phi) is 7.75. The molecule has 5 rings (SSSR count). The molecule has 0 aliphatic heterocycles. The Hall–Kier alpha value is -3.61. The van der Waals surface area contributed by atoms with Gasteiger partial charge in [0.15, 0.2) is 11.6 Å². The standard InChI is InChI=1S/C34H34F4O3/c1-33(2)13-5-7-26(33)24-16-20(9-11-22(24)25-17-21(32(37)38)10-12-28(25)35)19-41-29-8-4-6-23(31(29)36)27(18-30(39)40)34(3)14-15-34/h4,6-12,16-17,27,32H,5,13-15,18-19H2,1-3H3,(H,39,40)/t27-/m0/s1. The van der Waals surface area contributed by atoms with Crippen LogP contribution in [0.2, 0.25) is 0 Å². The quantitative estimate of drug-likeness (QED) is 0.249. The van der Waals surface area contributed by atoms with Crippen LogP contribution >= 0.6 is 0 Å². The van der Waals surface area contributed by atoms with Gasteiger partial charge in [-0.2, -0.15) is 0 Å². The first kappa shape index (κ1) is 28.9. The van der Waals surface area contributed by atoms with Gasteiger partial charge in [-0.15, -0.1) is 0 Å². The highest BCUT2D eigenvalue weighted by Gasteiger charge is 2.47. The zero-order valence-electron chi connectivity index (χ0n) is 23.4. The van der Waals surface area contributed by atoms with Crippen molar-refractivity contribution in [1.82, 2.24) is 0 Å². The van der Waals surface area contributed by atoms with Crippen LogP contribution < -0.4 is 4.74 Å². The molecule has 3 aromatic carbocycles. The van der Waals surface area contributed by atoms with E-state index in [1.165, 1.54) is 12.1 Å². The van der Waals surface area contributed by atoms with E-state index in [2.05, 4.69) is 19.9 Å². The van der Waals surface area contributed by atoms with Crippen LogP contribution in [-0.4, -0.2) is 11.1 Å². The SMILES string of the molecule is CC1(C)CCC=C1c1cc(COc2cccc([C@H](CC(=O)O)C3(C)CC3)c2F)ccc1-c1cc(C(F)F)ccc1F. The van der Waals surface area contributed by atoms with Crippen LogP contribution in [0.3, 0.4) is 0 Å². The van der Waals surface area contributed by atoms with Crippen molar-refractivity contribution in [3.63, 3.8) is 0 Å². The van der Waals surface area contributed by atoms with E-state index in [-0.39, 0.29) is 40.7 Å². The molecule has 0 unspecified atom stereocenters. The van der Waals surface area contributed by atoms with Gasteiger partial charge in [0.1, 0.15) is 12.4 Å². The summed E-state index contributed by atoms with van der Waals surface area (Å²) >= 11 is 0. The molecule has 0 radical (unpaired) electrons. The number of ether oxygens (including phenoxy) is 1. The van der Waals surface area contributed by atoms with Crippen molar-refractivity contribution in [2.45, 2.75) is 71.8 Å². The Morgan fingerprint density at radius 3 is 2.34 bits per heavy atom. The van der Waals surface area contributed by atoms with Crippen molar-refractivity contribution in [2.75, 3.05) is 0 Å². The lowest BCUT2D eigenvalue weighted by Gasteiger charge is -2.26. The number of rotatable bonds is 10. The first-order valence-corrected chi connectivity index (χ1v) is 13.9. The minimum atomic E-state index is -2.73. The summed E-state index contributed by atoms with van der Waals surface area (Å²) in [6.45, 7) is 6.19. The molecule has 1 fully saturated rings. The maximum absolute atomic E-state index is 15.7. The second-order valence-corrected chi connectivity index (χ2v) is 12.2. The smallest absolute Gasteiger partial charge is 0.303 e. The van der Waals surface area contributed by atoms with Crippen LogP contribution in [0, 0.1) is 22.5 Å². The molecule has 0 bridgehead atoms. The van der Waals surface area contributed by atoms with Gasteiger partial charge in [0.2, 0.25) is 0 Å². The van der Waals surface area contributed by atoms with Gasteiger partial charge < -0.3 is 9.84 Å². The van der Waals surface area contributed by atoms with Gasteiger partial charge in [-0.3, -0.25) is 4.79 Å². The molecule has 1 N–H and O–H groups in total. The summed E-state index contributed by atoms with van der Waals surface area (Å²) in [5.41, 5.74) is 2.69. The van der Waals surface area contributed by atoms with Crippen LogP contribution in [0.25, 0.3) is 16.7 Å². The molecule has 1 atom stereocenters. The number of allylic oxidation sites excluding steroid dienone is 2.